The lowest BCUT2D eigenvalue weighted by Crippen LogP contribution is -2.00. The predicted octanol–water partition coefficient (Wildman–Crippen LogP) is 1.34. The second-order valence-electron chi connectivity index (χ2n) is 3.31. The molecule has 5 nitrogen and oxygen atoms in total. The lowest BCUT2D eigenvalue weighted by molar-refractivity contribution is 0.844. The second kappa shape index (κ2) is 3.66. The van der Waals surface area contributed by atoms with E-state index in [-0.39, 0.29) is 0 Å². The van der Waals surface area contributed by atoms with E-state index in [0.29, 0.717) is 12.4 Å². The highest BCUT2D eigenvalue weighted by atomic mass is 32.1. The molecule has 80 valence electrons. The Morgan fingerprint density at radius 1 is 1.31 bits per heavy atom. The van der Waals surface area contributed by atoms with E-state index in [1.165, 1.54) is 11.5 Å². The Kier molecular flexibility index (Phi) is 2.16. The highest BCUT2D eigenvalue weighted by molar-refractivity contribution is 7.10. The van der Waals surface area contributed by atoms with Crippen molar-refractivity contribution in [1.29, 1.82) is 0 Å². The number of aromatic nitrogens is 4. The van der Waals surface area contributed by atoms with Crippen LogP contribution >= 0.6 is 11.5 Å². The molecular formula is C10H9N5S. The minimum atomic E-state index is 0.351. The molecule has 2 N–H and O–H groups in total. The fourth-order valence-corrected chi connectivity index (χ4v) is 2.32. The van der Waals surface area contributed by atoms with Gasteiger partial charge in [-0.2, -0.15) is 4.37 Å². The van der Waals surface area contributed by atoms with Gasteiger partial charge in [-0.3, -0.25) is 0 Å². The Labute approximate surface area is 95.7 Å². The van der Waals surface area contributed by atoms with Crippen molar-refractivity contribution in [3.8, 4) is 5.00 Å². The van der Waals surface area contributed by atoms with Crippen molar-refractivity contribution >= 4 is 22.4 Å². The van der Waals surface area contributed by atoms with Crippen molar-refractivity contribution in [2.24, 2.45) is 5.73 Å². The van der Waals surface area contributed by atoms with Gasteiger partial charge in [-0.1, -0.05) is 12.1 Å². The third-order valence-electron chi connectivity index (χ3n) is 2.29. The fraction of sp³-hybridized carbons (Fsp3) is 0.100. The normalized spacial score (nSPS) is 11.1. The summed E-state index contributed by atoms with van der Waals surface area (Å²) in [7, 11) is 0. The van der Waals surface area contributed by atoms with Crippen LogP contribution in [0.2, 0.25) is 0 Å². The second-order valence-corrected chi connectivity index (χ2v) is 4.07. The molecule has 0 aliphatic heterocycles. The molecule has 0 atom stereocenters. The van der Waals surface area contributed by atoms with E-state index in [1.54, 1.807) is 11.0 Å². The average molecular weight is 231 g/mol. The van der Waals surface area contributed by atoms with Crippen LogP contribution < -0.4 is 5.73 Å². The summed E-state index contributed by atoms with van der Waals surface area (Å²) >= 11 is 1.41. The number of nitrogens with two attached hydrogens (primary N) is 1. The monoisotopic (exact) mass is 231 g/mol. The topological polar surface area (TPSA) is 69.6 Å². The van der Waals surface area contributed by atoms with E-state index < -0.39 is 0 Å². The van der Waals surface area contributed by atoms with Gasteiger partial charge in [-0.05, 0) is 23.7 Å². The summed E-state index contributed by atoms with van der Waals surface area (Å²) in [6.07, 6.45) is 1.67. The van der Waals surface area contributed by atoms with Crippen LogP contribution in [0.3, 0.4) is 0 Å². The zero-order valence-corrected chi connectivity index (χ0v) is 9.18. The number of hydrogen-bond acceptors (Lipinski definition) is 5. The standard InChI is InChI=1S/C10H9N5S/c11-5-9-12-6-15(13-9)10-7-3-1-2-4-8(7)14-16-10/h1-4,6H,5,11H2. The van der Waals surface area contributed by atoms with E-state index in [2.05, 4.69) is 14.5 Å². The zero-order valence-electron chi connectivity index (χ0n) is 8.37. The molecule has 0 amide bonds. The van der Waals surface area contributed by atoms with Crippen molar-refractivity contribution < 1.29 is 0 Å². The van der Waals surface area contributed by atoms with Crippen LogP contribution in [0.4, 0.5) is 0 Å². The van der Waals surface area contributed by atoms with E-state index in [4.69, 9.17) is 5.73 Å². The summed E-state index contributed by atoms with van der Waals surface area (Å²) in [6.45, 7) is 0.351. The van der Waals surface area contributed by atoms with Crippen molar-refractivity contribution in [1.82, 2.24) is 19.1 Å². The molecule has 3 rings (SSSR count). The molecule has 16 heavy (non-hydrogen) atoms. The SMILES string of the molecule is NCc1ncn(-c2snc3ccccc23)n1. The number of nitrogens with zero attached hydrogens (tertiary/aromatic N) is 4. The molecule has 2 aromatic heterocycles. The smallest absolute Gasteiger partial charge is 0.164 e. The van der Waals surface area contributed by atoms with Crippen LogP contribution in [-0.2, 0) is 6.54 Å². The number of benzene rings is 1. The van der Waals surface area contributed by atoms with Gasteiger partial charge in [0.05, 0.1) is 12.1 Å². The van der Waals surface area contributed by atoms with Crippen LogP contribution in [-0.4, -0.2) is 19.1 Å². The number of rotatable bonds is 2. The highest BCUT2D eigenvalue weighted by Crippen LogP contribution is 2.24. The predicted molar refractivity (Wildman–Crippen MR) is 62.4 cm³/mol. The summed E-state index contributed by atoms with van der Waals surface area (Å²) in [5.74, 6) is 0.637. The Bertz CT molecular complexity index is 627. The van der Waals surface area contributed by atoms with Gasteiger partial charge >= 0.3 is 0 Å². The first-order valence-corrected chi connectivity index (χ1v) is 5.61. The van der Waals surface area contributed by atoms with Crippen LogP contribution in [0.25, 0.3) is 15.9 Å². The van der Waals surface area contributed by atoms with Crippen LogP contribution in [0.1, 0.15) is 5.82 Å². The molecule has 0 spiro atoms. The maximum absolute atomic E-state index is 5.48. The van der Waals surface area contributed by atoms with Crippen LogP contribution in [0.15, 0.2) is 30.6 Å². The molecular weight excluding hydrogens is 222 g/mol. The van der Waals surface area contributed by atoms with E-state index in [9.17, 15) is 0 Å². The minimum Gasteiger partial charge on any atom is -0.324 e. The Hall–Kier alpha value is -1.79. The summed E-state index contributed by atoms with van der Waals surface area (Å²) in [4.78, 5) is 4.10. The molecule has 1 aromatic carbocycles. The van der Waals surface area contributed by atoms with Crippen molar-refractivity contribution in [3.63, 3.8) is 0 Å². The summed E-state index contributed by atoms with van der Waals surface area (Å²) in [5, 5.41) is 6.33. The molecule has 6 heteroatoms. The maximum atomic E-state index is 5.48. The van der Waals surface area contributed by atoms with Crippen LogP contribution in [0, 0.1) is 0 Å². The van der Waals surface area contributed by atoms with E-state index in [0.717, 1.165) is 15.9 Å². The molecule has 0 bridgehead atoms. The molecule has 0 radical (unpaired) electrons. The van der Waals surface area contributed by atoms with Crippen molar-refractivity contribution in [2.45, 2.75) is 6.54 Å². The Balaban J connectivity index is 2.18. The summed E-state index contributed by atoms with van der Waals surface area (Å²) in [5.41, 5.74) is 6.46. The molecule has 3 aromatic rings. The number of fused-ring (bicyclic) bond motifs is 1. The van der Waals surface area contributed by atoms with Gasteiger partial charge < -0.3 is 5.73 Å². The molecule has 0 saturated heterocycles. The first-order valence-electron chi connectivity index (χ1n) is 4.84. The molecule has 0 aliphatic rings. The van der Waals surface area contributed by atoms with Crippen LogP contribution in [0.5, 0.6) is 0 Å². The third-order valence-corrected chi connectivity index (χ3v) is 3.16. The van der Waals surface area contributed by atoms with Gasteiger partial charge in [-0.15, -0.1) is 5.10 Å². The lowest BCUT2D eigenvalue weighted by Gasteiger charge is -1.94. The minimum absolute atomic E-state index is 0.351. The molecule has 0 saturated carbocycles. The zero-order chi connectivity index (χ0) is 11.0. The summed E-state index contributed by atoms with van der Waals surface area (Å²) < 4.78 is 6.08. The van der Waals surface area contributed by atoms with Gasteiger partial charge in [0.2, 0.25) is 0 Å². The fourth-order valence-electron chi connectivity index (χ4n) is 1.53. The quantitative estimate of drug-likeness (QED) is 0.722. The first kappa shape index (κ1) is 9.44. The Morgan fingerprint density at radius 2 is 2.19 bits per heavy atom. The van der Waals surface area contributed by atoms with Gasteiger partial charge in [0.15, 0.2) is 5.82 Å². The Morgan fingerprint density at radius 3 is 3.00 bits per heavy atom. The van der Waals surface area contributed by atoms with E-state index in [1.807, 2.05) is 24.3 Å². The van der Waals surface area contributed by atoms with Crippen molar-refractivity contribution in [2.75, 3.05) is 0 Å². The molecule has 0 fully saturated rings. The largest absolute Gasteiger partial charge is 0.324 e. The molecule has 0 unspecified atom stereocenters. The van der Waals surface area contributed by atoms with Gasteiger partial charge in [0.1, 0.15) is 11.3 Å². The average Bonchev–Trinajstić information content (AvgIpc) is 2.94. The highest BCUT2D eigenvalue weighted by Gasteiger charge is 2.08. The molecule has 2 heterocycles. The molecule has 0 aliphatic carbocycles. The third kappa shape index (κ3) is 1.39. The van der Waals surface area contributed by atoms with Crippen molar-refractivity contribution in [3.05, 3.63) is 36.4 Å². The maximum Gasteiger partial charge on any atom is 0.164 e. The first-order chi connectivity index (χ1) is 7.88. The summed E-state index contributed by atoms with van der Waals surface area (Å²) in [6, 6.07) is 7.97. The van der Waals surface area contributed by atoms with Gasteiger partial charge in [-0.25, -0.2) is 9.67 Å². The van der Waals surface area contributed by atoms with E-state index >= 15 is 0 Å². The number of hydrogen-bond donors (Lipinski definition) is 1. The van der Waals surface area contributed by atoms with Gasteiger partial charge in [0.25, 0.3) is 0 Å². The van der Waals surface area contributed by atoms with Gasteiger partial charge in [0, 0.05) is 5.39 Å². The lowest BCUT2D eigenvalue weighted by atomic mass is 10.2.